The standard InChI is InChI=1S/C36H41N3O5/c1-43-33-16-15-28(18-30(33)20-37)25-9-7-24(8-10-25)21-39(36(42)27-11-5-23(6-12-27)17-34(40)41)31-4-2-3-29(19-31)32-22-44-35(38-32)26-13-14-26/h2-4,15-16,18-19,22-27H,5-14,17,21H2,1H3,(H,40,41)/t23-,24-,25-,27-. The number of nitrogens with zero attached hydrogens (tertiary/aromatic N) is 3. The Labute approximate surface area is 259 Å². The monoisotopic (exact) mass is 595 g/mol. The van der Waals surface area contributed by atoms with E-state index in [1.54, 1.807) is 13.4 Å². The highest BCUT2D eigenvalue weighted by molar-refractivity contribution is 5.95. The molecule has 44 heavy (non-hydrogen) atoms. The van der Waals surface area contributed by atoms with Crippen molar-refractivity contribution in [3.8, 4) is 23.1 Å². The van der Waals surface area contributed by atoms with Crippen LogP contribution in [-0.2, 0) is 9.59 Å². The fourth-order valence-corrected chi connectivity index (χ4v) is 7.18. The van der Waals surface area contributed by atoms with E-state index in [0.717, 1.165) is 87.0 Å². The molecule has 0 aliphatic heterocycles. The highest BCUT2D eigenvalue weighted by Crippen LogP contribution is 2.41. The highest BCUT2D eigenvalue weighted by Gasteiger charge is 2.34. The second-order valence-corrected chi connectivity index (χ2v) is 12.9. The second-order valence-electron chi connectivity index (χ2n) is 12.9. The first-order chi connectivity index (χ1) is 21.4. The lowest BCUT2D eigenvalue weighted by atomic mass is 9.77. The summed E-state index contributed by atoms with van der Waals surface area (Å²) in [5.74, 6) is 2.02. The van der Waals surface area contributed by atoms with Crippen molar-refractivity contribution in [3.05, 3.63) is 65.7 Å². The number of carbonyl (C=O) groups excluding carboxylic acids is 1. The summed E-state index contributed by atoms with van der Waals surface area (Å²) in [4.78, 5) is 32.2. The van der Waals surface area contributed by atoms with E-state index in [-0.39, 0.29) is 24.2 Å². The Morgan fingerprint density at radius 3 is 2.39 bits per heavy atom. The molecule has 1 aromatic heterocycles. The second kappa shape index (κ2) is 13.3. The molecule has 3 saturated carbocycles. The molecule has 8 heteroatoms. The number of hydrogen-bond acceptors (Lipinski definition) is 6. The van der Waals surface area contributed by atoms with Gasteiger partial charge < -0.3 is 19.2 Å². The lowest BCUT2D eigenvalue weighted by Crippen LogP contribution is -2.41. The van der Waals surface area contributed by atoms with Crippen LogP contribution in [0.25, 0.3) is 11.3 Å². The Morgan fingerprint density at radius 2 is 1.70 bits per heavy atom. The molecule has 0 atom stereocenters. The molecule has 1 heterocycles. The number of ether oxygens (including phenoxy) is 1. The molecular weight excluding hydrogens is 554 g/mol. The molecule has 0 bridgehead atoms. The maximum absolute atomic E-state index is 14.2. The van der Waals surface area contributed by atoms with Gasteiger partial charge in [0.2, 0.25) is 5.91 Å². The van der Waals surface area contributed by atoms with Crippen LogP contribution in [0.3, 0.4) is 0 Å². The van der Waals surface area contributed by atoms with Crippen molar-refractivity contribution >= 4 is 17.6 Å². The van der Waals surface area contributed by atoms with E-state index in [4.69, 9.17) is 14.1 Å². The van der Waals surface area contributed by atoms with Crippen LogP contribution < -0.4 is 9.64 Å². The normalized spacial score (nSPS) is 23.5. The maximum Gasteiger partial charge on any atom is 0.303 e. The topological polar surface area (TPSA) is 117 Å². The summed E-state index contributed by atoms with van der Waals surface area (Å²) in [6.45, 7) is 0.655. The lowest BCUT2D eigenvalue weighted by Gasteiger charge is -2.36. The van der Waals surface area contributed by atoms with Crippen molar-refractivity contribution in [2.75, 3.05) is 18.6 Å². The molecule has 1 amide bonds. The molecule has 3 aliphatic carbocycles. The van der Waals surface area contributed by atoms with E-state index < -0.39 is 5.97 Å². The number of oxazole rings is 1. The number of carboxylic acid groups (broad SMARTS) is 1. The van der Waals surface area contributed by atoms with Crippen LogP contribution in [0.1, 0.15) is 99.5 Å². The SMILES string of the molecule is COc1ccc([C@H]2CC[C@H](CN(c3cccc(-c4coc(C5CC5)n4)c3)C(=O)[C@H]3CC[C@H](CC(=O)O)CC3)CC2)cc1C#N. The Kier molecular flexibility index (Phi) is 9.02. The zero-order valence-electron chi connectivity index (χ0n) is 25.4. The number of rotatable bonds is 10. The number of aliphatic carboxylic acids is 1. The van der Waals surface area contributed by atoms with Gasteiger partial charge in [-0.3, -0.25) is 9.59 Å². The Morgan fingerprint density at radius 1 is 0.977 bits per heavy atom. The number of amides is 1. The van der Waals surface area contributed by atoms with Gasteiger partial charge in [-0.2, -0.15) is 5.26 Å². The number of methoxy groups -OCH3 is 1. The number of aromatic nitrogens is 1. The first kappa shape index (κ1) is 29.9. The van der Waals surface area contributed by atoms with Gasteiger partial charge in [0.1, 0.15) is 23.8 Å². The fraction of sp³-hybridized carbons (Fsp3) is 0.500. The van der Waals surface area contributed by atoms with Gasteiger partial charge in [0.15, 0.2) is 5.89 Å². The Hall–Kier alpha value is -4.12. The number of nitriles is 1. The minimum Gasteiger partial charge on any atom is -0.495 e. The fourth-order valence-electron chi connectivity index (χ4n) is 7.18. The van der Waals surface area contributed by atoms with Gasteiger partial charge in [-0.25, -0.2) is 4.98 Å². The molecule has 0 unspecified atom stereocenters. The third-order valence-corrected chi connectivity index (χ3v) is 9.93. The summed E-state index contributed by atoms with van der Waals surface area (Å²) in [6, 6.07) is 16.3. The Balaban J connectivity index is 1.18. The minimum atomic E-state index is -0.759. The molecule has 3 fully saturated rings. The van der Waals surface area contributed by atoms with Gasteiger partial charge in [0, 0.05) is 36.1 Å². The minimum absolute atomic E-state index is 0.0998. The van der Waals surface area contributed by atoms with Crippen LogP contribution in [0.5, 0.6) is 5.75 Å². The molecule has 3 aliphatic rings. The zero-order chi connectivity index (χ0) is 30.6. The van der Waals surface area contributed by atoms with Crippen molar-refractivity contribution in [1.82, 2.24) is 4.98 Å². The summed E-state index contributed by atoms with van der Waals surface area (Å²) in [6.07, 6.45) is 11.2. The van der Waals surface area contributed by atoms with Crippen LogP contribution >= 0.6 is 0 Å². The van der Waals surface area contributed by atoms with E-state index in [0.29, 0.717) is 35.6 Å². The highest BCUT2D eigenvalue weighted by atomic mass is 16.5. The van der Waals surface area contributed by atoms with Crippen molar-refractivity contribution in [2.24, 2.45) is 17.8 Å². The zero-order valence-corrected chi connectivity index (χ0v) is 25.4. The van der Waals surface area contributed by atoms with E-state index in [1.807, 2.05) is 35.2 Å². The molecule has 3 aromatic rings. The molecule has 1 N–H and O–H groups in total. The smallest absolute Gasteiger partial charge is 0.303 e. The molecule has 2 aromatic carbocycles. The van der Waals surface area contributed by atoms with Gasteiger partial charge >= 0.3 is 5.97 Å². The van der Waals surface area contributed by atoms with Crippen molar-refractivity contribution in [2.45, 2.75) is 82.5 Å². The third kappa shape index (κ3) is 6.83. The predicted octanol–water partition coefficient (Wildman–Crippen LogP) is 7.69. The molecule has 6 rings (SSSR count). The van der Waals surface area contributed by atoms with E-state index >= 15 is 0 Å². The van der Waals surface area contributed by atoms with Crippen LogP contribution in [-0.4, -0.2) is 35.6 Å². The summed E-state index contributed by atoms with van der Waals surface area (Å²) in [5.41, 5.74) is 4.37. The first-order valence-electron chi connectivity index (χ1n) is 16.1. The van der Waals surface area contributed by atoms with Gasteiger partial charge in [0.05, 0.1) is 12.7 Å². The van der Waals surface area contributed by atoms with Crippen LogP contribution in [0, 0.1) is 29.1 Å². The van der Waals surface area contributed by atoms with E-state index in [9.17, 15) is 20.0 Å². The maximum atomic E-state index is 14.2. The predicted molar refractivity (Wildman–Crippen MR) is 166 cm³/mol. The number of anilines is 1. The summed E-state index contributed by atoms with van der Waals surface area (Å²) in [5, 5.41) is 18.8. The van der Waals surface area contributed by atoms with Crippen LogP contribution in [0.15, 0.2) is 53.1 Å². The Bertz CT molecular complexity index is 1520. The number of carboxylic acids is 1. The van der Waals surface area contributed by atoms with Crippen LogP contribution in [0.2, 0.25) is 0 Å². The molecule has 0 radical (unpaired) electrons. The summed E-state index contributed by atoms with van der Waals surface area (Å²) < 4.78 is 11.1. The van der Waals surface area contributed by atoms with Gasteiger partial charge in [0.25, 0.3) is 0 Å². The van der Waals surface area contributed by atoms with Gasteiger partial charge in [-0.1, -0.05) is 18.2 Å². The molecular formula is C36H41N3O5. The van der Waals surface area contributed by atoms with E-state index in [1.165, 1.54) is 5.56 Å². The third-order valence-electron chi connectivity index (χ3n) is 9.93. The average Bonchev–Trinajstić information content (AvgIpc) is 3.79. The summed E-state index contributed by atoms with van der Waals surface area (Å²) in [7, 11) is 1.59. The summed E-state index contributed by atoms with van der Waals surface area (Å²) >= 11 is 0. The lowest BCUT2D eigenvalue weighted by molar-refractivity contribution is -0.138. The van der Waals surface area contributed by atoms with Crippen molar-refractivity contribution in [1.29, 1.82) is 5.26 Å². The first-order valence-corrected chi connectivity index (χ1v) is 16.1. The van der Waals surface area contributed by atoms with Crippen LogP contribution in [0.4, 0.5) is 5.69 Å². The van der Waals surface area contributed by atoms with Gasteiger partial charge in [-0.15, -0.1) is 0 Å². The van der Waals surface area contributed by atoms with E-state index in [2.05, 4.69) is 18.2 Å². The molecule has 8 nitrogen and oxygen atoms in total. The number of hydrogen-bond donors (Lipinski definition) is 1. The molecule has 230 valence electrons. The largest absolute Gasteiger partial charge is 0.495 e. The van der Waals surface area contributed by atoms with Crippen molar-refractivity contribution in [3.63, 3.8) is 0 Å². The van der Waals surface area contributed by atoms with Crippen molar-refractivity contribution < 1.29 is 23.8 Å². The van der Waals surface area contributed by atoms with Gasteiger partial charge in [-0.05, 0) is 112 Å². The quantitative estimate of drug-likeness (QED) is 0.255. The molecule has 0 saturated heterocycles. The molecule has 0 spiro atoms. The average molecular weight is 596 g/mol. The number of benzene rings is 2. The number of carbonyl (C=O) groups is 2.